The number of nitrogens with zero attached hydrogens (tertiary/aromatic N) is 2. The number of likely N-dealkylation sites (tertiary alicyclic amines) is 1. The number of carbonyl (C=O) groups is 1. The van der Waals surface area contributed by atoms with E-state index in [9.17, 15) is 4.79 Å². The monoisotopic (exact) mass is 402 g/mol. The van der Waals surface area contributed by atoms with Crippen molar-refractivity contribution in [2.75, 3.05) is 39.0 Å². The highest BCUT2D eigenvalue weighted by Crippen LogP contribution is 2.36. The lowest BCUT2D eigenvalue weighted by Crippen LogP contribution is -2.48. The van der Waals surface area contributed by atoms with Crippen molar-refractivity contribution in [3.8, 4) is 0 Å². The Bertz CT molecular complexity index is 650. The van der Waals surface area contributed by atoms with Crippen molar-refractivity contribution in [1.82, 2.24) is 15.5 Å². The number of thioether (sulfide) groups is 1. The third kappa shape index (κ3) is 6.16. The predicted molar refractivity (Wildman–Crippen MR) is 119 cm³/mol. The van der Waals surface area contributed by atoms with Gasteiger partial charge in [0.2, 0.25) is 5.91 Å². The Morgan fingerprint density at radius 2 is 2.00 bits per heavy atom. The first-order valence-electron chi connectivity index (χ1n) is 10.5. The molecular formula is C22H34N4OS. The maximum absolute atomic E-state index is 12.6. The summed E-state index contributed by atoms with van der Waals surface area (Å²) < 4.78 is 0.280. The zero-order valence-corrected chi connectivity index (χ0v) is 18.1. The summed E-state index contributed by atoms with van der Waals surface area (Å²) in [6.07, 6.45) is 5.81. The second kappa shape index (κ2) is 10.2. The van der Waals surface area contributed by atoms with Crippen molar-refractivity contribution >= 4 is 23.6 Å². The first kappa shape index (κ1) is 21.0. The fourth-order valence-corrected chi connectivity index (χ4v) is 5.32. The molecule has 3 rings (SSSR count). The van der Waals surface area contributed by atoms with E-state index in [0.717, 1.165) is 44.9 Å². The fourth-order valence-electron chi connectivity index (χ4n) is 4.07. The van der Waals surface area contributed by atoms with Crippen molar-refractivity contribution in [1.29, 1.82) is 0 Å². The number of guanidine groups is 1. The molecule has 0 saturated carbocycles. The molecule has 0 aromatic heterocycles. The average Bonchev–Trinajstić information content (AvgIpc) is 3.16. The molecular weight excluding hydrogens is 368 g/mol. The Kier molecular flexibility index (Phi) is 7.65. The van der Waals surface area contributed by atoms with Crippen LogP contribution in [-0.4, -0.2) is 60.5 Å². The normalized spacial score (nSPS) is 23.6. The summed E-state index contributed by atoms with van der Waals surface area (Å²) in [7, 11) is 1.76. The molecule has 0 radical (unpaired) electrons. The van der Waals surface area contributed by atoms with Gasteiger partial charge in [-0.15, -0.1) is 0 Å². The third-order valence-corrected chi connectivity index (χ3v) is 7.43. The van der Waals surface area contributed by atoms with Gasteiger partial charge in [0.05, 0.1) is 6.54 Å². The van der Waals surface area contributed by atoms with Gasteiger partial charge in [-0.05, 0) is 56.3 Å². The van der Waals surface area contributed by atoms with Gasteiger partial charge in [0.15, 0.2) is 5.96 Å². The van der Waals surface area contributed by atoms with Gasteiger partial charge in [-0.2, -0.15) is 11.8 Å². The van der Waals surface area contributed by atoms with E-state index in [1.165, 1.54) is 24.2 Å². The Labute approximate surface area is 173 Å². The highest BCUT2D eigenvalue weighted by Gasteiger charge is 2.29. The fraction of sp³-hybridized carbons (Fsp3) is 0.636. The van der Waals surface area contributed by atoms with Gasteiger partial charge in [0.25, 0.3) is 0 Å². The molecule has 28 heavy (non-hydrogen) atoms. The van der Waals surface area contributed by atoms with Crippen LogP contribution in [0.3, 0.4) is 0 Å². The highest BCUT2D eigenvalue weighted by atomic mass is 32.2. The van der Waals surface area contributed by atoms with Crippen molar-refractivity contribution < 1.29 is 4.79 Å². The summed E-state index contributed by atoms with van der Waals surface area (Å²) in [6.45, 7) is 5.22. The van der Waals surface area contributed by atoms with E-state index < -0.39 is 0 Å². The van der Waals surface area contributed by atoms with E-state index in [0.29, 0.717) is 12.5 Å². The van der Waals surface area contributed by atoms with E-state index in [1.807, 2.05) is 16.7 Å². The lowest BCUT2D eigenvalue weighted by Gasteiger charge is -2.32. The molecule has 2 aliphatic heterocycles. The number of hydrogen-bond donors (Lipinski definition) is 2. The molecule has 0 spiro atoms. The van der Waals surface area contributed by atoms with Crippen LogP contribution in [0.4, 0.5) is 0 Å². The van der Waals surface area contributed by atoms with Crippen LogP contribution in [0.25, 0.3) is 0 Å². The van der Waals surface area contributed by atoms with E-state index in [2.05, 4.69) is 52.9 Å². The summed E-state index contributed by atoms with van der Waals surface area (Å²) in [4.78, 5) is 18.8. The second-order valence-electron chi connectivity index (χ2n) is 8.20. The van der Waals surface area contributed by atoms with Gasteiger partial charge in [0, 0.05) is 31.4 Å². The molecule has 2 saturated heterocycles. The SMILES string of the molecule is CN=C(NCC(=O)N1CCC(Cc2ccccc2)CC1)NCC1(C)CCCS1. The minimum absolute atomic E-state index is 0.169. The summed E-state index contributed by atoms with van der Waals surface area (Å²) in [5.41, 5.74) is 1.40. The van der Waals surface area contributed by atoms with Crippen LogP contribution >= 0.6 is 11.8 Å². The Morgan fingerprint density at radius 3 is 2.64 bits per heavy atom. The Hall–Kier alpha value is -1.69. The van der Waals surface area contributed by atoms with Crippen LogP contribution in [0.1, 0.15) is 38.2 Å². The van der Waals surface area contributed by atoms with Crippen LogP contribution < -0.4 is 10.6 Å². The van der Waals surface area contributed by atoms with Crippen molar-refractivity contribution in [2.45, 2.75) is 43.8 Å². The molecule has 2 heterocycles. The highest BCUT2D eigenvalue weighted by molar-refractivity contribution is 8.00. The van der Waals surface area contributed by atoms with Gasteiger partial charge in [0.1, 0.15) is 0 Å². The van der Waals surface area contributed by atoms with E-state index in [-0.39, 0.29) is 10.7 Å². The number of aliphatic imine (C=N–C) groups is 1. The zero-order chi connectivity index (χ0) is 19.8. The molecule has 0 bridgehead atoms. The summed E-state index contributed by atoms with van der Waals surface area (Å²) >= 11 is 2.02. The molecule has 1 aromatic carbocycles. The van der Waals surface area contributed by atoms with Gasteiger partial charge in [-0.3, -0.25) is 9.79 Å². The molecule has 1 aromatic rings. The number of nitrogens with one attached hydrogen (secondary N) is 2. The molecule has 5 nitrogen and oxygen atoms in total. The molecule has 1 atom stereocenters. The molecule has 1 amide bonds. The number of benzene rings is 1. The Morgan fingerprint density at radius 1 is 1.25 bits per heavy atom. The largest absolute Gasteiger partial charge is 0.355 e. The Balaban J connectivity index is 1.36. The standard InChI is InChI=1S/C22H34N4OS/c1-22(11-6-14-28-22)17-25-21(23-2)24-16-20(27)26-12-9-19(10-13-26)15-18-7-4-3-5-8-18/h3-5,7-8,19H,6,9-17H2,1-2H3,(H2,23,24,25). The lowest BCUT2D eigenvalue weighted by molar-refractivity contribution is -0.131. The van der Waals surface area contributed by atoms with E-state index >= 15 is 0 Å². The number of amides is 1. The van der Waals surface area contributed by atoms with Gasteiger partial charge in [-0.25, -0.2) is 0 Å². The summed E-state index contributed by atoms with van der Waals surface area (Å²) in [5, 5.41) is 6.59. The first-order chi connectivity index (χ1) is 13.6. The molecule has 2 N–H and O–H groups in total. The quantitative estimate of drug-likeness (QED) is 0.567. The number of hydrogen-bond acceptors (Lipinski definition) is 3. The van der Waals surface area contributed by atoms with Crippen LogP contribution in [0.2, 0.25) is 0 Å². The number of rotatable bonds is 6. The van der Waals surface area contributed by atoms with Crippen molar-refractivity contribution in [3.05, 3.63) is 35.9 Å². The topological polar surface area (TPSA) is 56.7 Å². The predicted octanol–water partition coefficient (Wildman–Crippen LogP) is 2.92. The maximum atomic E-state index is 12.6. The van der Waals surface area contributed by atoms with Crippen LogP contribution in [0, 0.1) is 5.92 Å². The minimum Gasteiger partial charge on any atom is -0.355 e. The van der Waals surface area contributed by atoms with Crippen molar-refractivity contribution in [3.63, 3.8) is 0 Å². The minimum atomic E-state index is 0.169. The third-order valence-electron chi connectivity index (χ3n) is 5.90. The molecule has 154 valence electrons. The van der Waals surface area contributed by atoms with Gasteiger partial charge >= 0.3 is 0 Å². The van der Waals surface area contributed by atoms with Gasteiger partial charge in [-0.1, -0.05) is 30.3 Å². The smallest absolute Gasteiger partial charge is 0.241 e. The van der Waals surface area contributed by atoms with Crippen LogP contribution in [-0.2, 0) is 11.2 Å². The van der Waals surface area contributed by atoms with Crippen LogP contribution in [0.15, 0.2) is 35.3 Å². The first-order valence-corrected chi connectivity index (χ1v) is 11.5. The molecule has 6 heteroatoms. The van der Waals surface area contributed by atoms with Crippen LogP contribution in [0.5, 0.6) is 0 Å². The zero-order valence-electron chi connectivity index (χ0n) is 17.2. The van der Waals surface area contributed by atoms with Gasteiger partial charge < -0.3 is 15.5 Å². The maximum Gasteiger partial charge on any atom is 0.241 e. The second-order valence-corrected chi connectivity index (χ2v) is 9.88. The average molecular weight is 403 g/mol. The summed E-state index contributed by atoms with van der Waals surface area (Å²) in [5.74, 6) is 2.81. The molecule has 2 aliphatic rings. The number of piperidine rings is 1. The lowest BCUT2D eigenvalue weighted by atomic mass is 9.90. The summed E-state index contributed by atoms with van der Waals surface area (Å²) in [6, 6.07) is 10.7. The van der Waals surface area contributed by atoms with E-state index in [1.54, 1.807) is 7.05 Å². The molecule has 1 unspecified atom stereocenters. The molecule has 0 aliphatic carbocycles. The molecule has 2 fully saturated rings. The van der Waals surface area contributed by atoms with E-state index in [4.69, 9.17) is 0 Å². The van der Waals surface area contributed by atoms with Crippen molar-refractivity contribution in [2.24, 2.45) is 10.9 Å². The number of carbonyl (C=O) groups excluding carboxylic acids is 1.